The van der Waals surface area contributed by atoms with Crippen molar-refractivity contribution in [1.82, 2.24) is 0 Å². The van der Waals surface area contributed by atoms with E-state index in [1.54, 1.807) is 48.5 Å². The first-order chi connectivity index (χ1) is 8.94. The first-order valence-corrected chi connectivity index (χ1v) is 8.70. The number of nitrogens with two attached hydrogens (primary N) is 1. The van der Waals surface area contributed by atoms with Crippen LogP contribution in [0, 0.1) is 0 Å². The van der Waals surface area contributed by atoms with Crippen molar-refractivity contribution in [2.75, 3.05) is 0 Å². The minimum atomic E-state index is -2.92. The van der Waals surface area contributed by atoms with Gasteiger partial charge in [0.25, 0.3) is 0 Å². The summed E-state index contributed by atoms with van der Waals surface area (Å²) in [5, 5.41) is 1.22. The normalized spacial score (nSPS) is 11.1. The maximum Gasteiger partial charge on any atom is 0.362 e. The van der Waals surface area contributed by atoms with Crippen molar-refractivity contribution in [3.05, 3.63) is 58.6 Å². The summed E-state index contributed by atoms with van der Waals surface area (Å²) in [5.41, 5.74) is 5.87. The van der Waals surface area contributed by atoms with Crippen LogP contribution < -0.4 is 14.6 Å². The Bertz CT molecular complexity index is 553. The summed E-state index contributed by atoms with van der Waals surface area (Å²) in [5.74, 6) is 1.04. The lowest BCUT2D eigenvalue weighted by atomic mass is 10.3. The molecule has 0 saturated carbocycles. The van der Waals surface area contributed by atoms with Crippen LogP contribution in [0.3, 0.4) is 0 Å². The van der Waals surface area contributed by atoms with Gasteiger partial charge in [0.05, 0.1) is 0 Å². The Labute approximate surface area is 126 Å². The van der Waals surface area contributed by atoms with Gasteiger partial charge in [0.1, 0.15) is 11.5 Å². The van der Waals surface area contributed by atoms with Crippen molar-refractivity contribution < 1.29 is 9.05 Å². The Morgan fingerprint density at radius 1 is 0.789 bits per heavy atom. The molecule has 0 heterocycles. The largest absolute Gasteiger partial charge is 0.425 e. The Balaban J connectivity index is 2.08. The molecular formula is C12H10Cl2NO2PS. The number of hydrogen-bond acceptors (Lipinski definition) is 3. The molecule has 100 valence electrons. The molecule has 2 rings (SSSR count). The average molecular weight is 334 g/mol. The summed E-state index contributed by atoms with van der Waals surface area (Å²) in [7, 11) is 0. The Kier molecular flexibility index (Phi) is 4.71. The lowest BCUT2D eigenvalue weighted by Gasteiger charge is -2.19. The highest BCUT2D eigenvalue weighted by Gasteiger charge is 2.16. The summed E-state index contributed by atoms with van der Waals surface area (Å²) in [6, 6.07) is 13.5. The number of halogens is 2. The Morgan fingerprint density at radius 3 is 1.42 bits per heavy atom. The summed E-state index contributed by atoms with van der Waals surface area (Å²) >= 11 is 16.7. The lowest BCUT2D eigenvalue weighted by Crippen LogP contribution is -2.08. The van der Waals surface area contributed by atoms with Crippen LogP contribution in [0.2, 0.25) is 10.0 Å². The van der Waals surface area contributed by atoms with E-state index in [4.69, 9.17) is 49.6 Å². The molecule has 3 nitrogen and oxygen atoms in total. The minimum absolute atomic E-state index is 0.518. The third-order valence-electron chi connectivity index (χ3n) is 2.09. The molecular weight excluding hydrogens is 324 g/mol. The number of benzene rings is 2. The zero-order valence-electron chi connectivity index (χ0n) is 9.62. The lowest BCUT2D eigenvalue weighted by molar-refractivity contribution is 0.488. The maximum atomic E-state index is 5.87. The molecule has 0 spiro atoms. The maximum absolute atomic E-state index is 5.87. The van der Waals surface area contributed by atoms with Gasteiger partial charge in [0.2, 0.25) is 0 Å². The van der Waals surface area contributed by atoms with Gasteiger partial charge in [-0.15, -0.1) is 0 Å². The molecule has 2 N–H and O–H groups in total. The number of hydrogen-bond donors (Lipinski definition) is 1. The van der Waals surface area contributed by atoms with Crippen molar-refractivity contribution in [3.8, 4) is 11.5 Å². The SMILES string of the molecule is NP(=S)(Oc1ccc(Cl)cc1)Oc1ccc(Cl)cc1. The fraction of sp³-hybridized carbons (Fsp3) is 0. The van der Waals surface area contributed by atoms with Crippen LogP contribution in [0.1, 0.15) is 0 Å². The van der Waals surface area contributed by atoms with Gasteiger partial charge in [-0.2, -0.15) is 0 Å². The molecule has 19 heavy (non-hydrogen) atoms. The molecule has 2 aromatic carbocycles. The second kappa shape index (κ2) is 6.12. The summed E-state index contributed by atoms with van der Waals surface area (Å²) in [6.07, 6.45) is 0. The first-order valence-electron chi connectivity index (χ1n) is 5.23. The third-order valence-corrected chi connectivity index (χ3v) is 3.97. The van der Waals surface area contributed by atoms with Crippen molar-refractivity contribution in [1.29, 1.82) is 0 Å². The van der Waals surface area contributed by atoms with E-state index in [1.165, 1.54) is 0 Å². The molecule has 0 amide bonds. The van der Waals surface area contributed by atoms with Gasteiger partial charge in [-0.1, -0.05) is 23.2 Å². The van der Waals surface area contributed by atoms with Crippen LogP contribution in [0.15, 0.2) is 48.5 Å². The fourth-order valence-corrected chi connectivity index (χ4v) is 2.94. The topological polar surface area (TPSA) is 44.5 Å². The molecule has 0 aliphatic carbocycles. The number of rotatable bonds is 4. The summed E-state index contributed by atoms with van der Waals surface area (Å²) in [6.45, 7) is -2.92. The monoisotopic (exact) mass is 333 g/mol. The highest BCUT2D eigenvalue weighted by molar-refractivity contribution is 8.09. The van der Waals surface area contributed by atoms with Gasteiger partial charge in [-0.05, 0) is 48.5 Å². The zero-order chi connectivity index (χ0) is 13.9. The molecule has 2 aromatic rings. The first kappa shape index (κ1) is 14.6. The van der Waals surface area contributed by atoms with Gasteiger partial charge >= 0.3 is 6.64 Å². The quantitative estimate of drug-likeness (QED) is 0.828. The van der Waals surface area contributed by atoms with Gasteiger partial charge < -0.3 is 9.05 Å². The van der Waals surface area contributed by atoms with Gasteiger partial charge in [-0.25, -0.2) is 5.50 Å². The van der Waals surface area contributed by atoms with Gasteiger partial charge in [-0.3, -0.25) is 0 Å². The highest BCUT2D eigenvalue weighted by Crippen LogP contribution is 2.41. The molecule has 0 aromatic heterocycles. The smallest absolute Gasteiger partial charge is 0.362 e. The van der Waals surface area contributed by atoms with E-state index >= 15 is 0 Å². The highest BCUT2D eigenvalue weighted by atomic mass is 35.5. The summed E-state index contributed by atoms with van der Waals surface area (Å²) in [4.78, 5) is 0. The average Bonchev–Trinajstić information content (AvgIpc) is 2.34. The molecule has 0 radical (unpaired) electrons. The van der Waals surface area contributed by atoms with Crippen molar-refractivity contribution in [2.24, 2.45) is 5.50 Å². The van der Waals surface area contributed by atoms with Crippen LogP contribution in [-0.4, -0.2) is 0 Å². The predicted octanol–water partition coefficient (Wildman–Crippen LogP) is 4.63. The van der Waals surface area contributed by atoms with Crippen molar-refractivity contribution >= 4 is 41.7 Å². The molecule has 0 bridgehead atoms. The van der Waals surface area contributed by atoms with E-state index < -0.39 is 6.64 Å². The molecule has 0 fully saturated rings. The molecule has 7 heteroatoms. The van der Waals surface area contributed by atoms with E-state index in [-0.39, 0.29) is 0 Å². The van der Waals surface area contributed by atoms with Gasteiger partial charge in [0.15, 0.2) is 0 Å². The van der Waals surface area contributed by atoms with E-state index in [2.05, 4.69) is 0 Å². The van der Waals surface area contributed by atoms with Crippen LogP contribution in [-0.2, 0) is 11.8 Å². The van der Waals surface area contributed by atoms with Crippen LogP contribution in [0.4, 0.5) is 0 Å². The fourth-order valence-electron chi connectivity index (χ4n) is 1.30. The second-order valence-corrected chi connectivity index (χ2v) is 7.47. The predicted molar refractivity (Wildman–Crippen MR) is 82.6 cm³/mol. The minimum Gasteiger partial charge on any atom is -0.425 e. The van der Waals surface area contributed by atoms with Crippen LogP contribution in [0.25, 0.3) is 0 Å². The Morgan fingerprint density at radius 2 is 1.11 bits per heavy atom. The van der Waals surface area contributed by atoms with Crippen molar-refractivity contribution in [2.45, 2.75) is 0 Å². The van der Waals surface area contributed by atoms with E-state index in [0.29, 0.717) is 21.5 Å². The van der Waals surface area contributed by atoms with Gasteiger partial charge in [0, 0.05) is 21.9 Å². The third kappa shape index (κ3) is 4.68. The zero-order valence-corrected chi connectivity index (χ0v) is 12.8. The molecule has 0 unspecified atom stereocenters. The van der Waals surface area contributed by atoms with E-state index in [0.717, 1.165) is 0 Å². The van der Waals surface area contributed by atoms with E-state index in [1.807, 2.05) is 0 Å². The molecule has 0 saturated heterocycles. The standard InChI is InChI=1S/C12H10Cl2NO2PS/c13-9-1-5-11(6-2-9)16-18(15,19)17-12-7-3-10(14)4-8-12/h1-8H,(H2,15,19). The molecule has 0 atom stereocenters. The van der Waals surface area contributed by atoms with Crippen molar-refractivity contribution in [3.63, 3.8) is 0 Å². The molecule has 0 aliphatic heterocycles. The Hall–Kier alpha value is -0.770. The summed E-state index contributed by atoms with van der Waals surface area (Å²) < 4.78 is 11.0. The van der Waals surface area contributed by atoms with Crippen LogP contribution in [0.5, 0.6) is 11.5 Å². The van der Waals surface area contributed by atoms with E-state index in [9.17, 15) is 0 Å². The second-order valence-electron chi connectivity index (χ2n) is 3.63. The van der Waals surface area contributed by atoms with Crippen LogP contribution >= 0.6 is 29.8 Å². The molecule has 0 aliphatic rings.